The first-order valence-corrected chi connectivity index (χ1v) is 6.00. The predicted molar refractivity (Wildman–Crippen MR) is 56.5 cm³/mol. The normalized spacial score (nSPS) is 27.2. The molecule has 1 aliphatic carbocycles. The highest BCUT2D eigenvalue weighted by molar-refractivity contribution is 5.87. The molecular weight excluding hydrogens is 249 g/mol. The van der Waals surface area contributed by atoms with Gasteiger partial charge in [0.15, 0.2) is 0 Å². The lowest BCUT2D eigenvalue weighted by Gasteiger charge is -2.17. The Balaban J connectivity index is 1.78. The van der Waals surface area contributed by atoms with Gasteiger partial charge in [0.05, 0.1) is 6.54 Å². The van der Waals surface area contributed by atoms with Crippen LogP contribution in [0.1, 0.15) is 19.3 Å². The molecule has 0 aromatic carbocycles. The fraction of sp³-hybridized carbons (Fsp3) is 0.818. The average molecular weight is 264 g/mol. The minimum atomic E-state index is -4.93. The van der Waals surface area contributed by atoms with E-state index in [0.29, 0.717) is 24.9 Å². The number of nitrogens with one attached hydrogen (secondary N) is 1. The minimum absolute atomic E-state index is 0.429. The van der Waals surface area contributed by atoms with Gasteiger partial charge >= 0.3 is 12.1 Å². The van der Waals surface area contributed by atoms with Crippen molar-refractivity contribution in [1.29, 1.82) is 0 Å². The molecule has 2 rings (SSSR count). The van der Waals surface area contributed by atoms with Crippen molar-refractivity contribution in [3.63, 3.8) is 0 Å². The van der Waals surface area contributed by atoms with E-state index in [2.05, 4.69) is 0 Å². The maximum absolute atomic E-state index is 11.9. The van der Waals surface area contributed by atoms with Crippen LogP contribution in [-0.2, 0) is 9.59 Å². The minimum Gasteiger partial charge on any atom is -0.341 e. The largest absolute Gasteiger partial charge is 0.471 e. The Kier molecular flexibility index (Phi) is 3.49. The number of carbonyl (C=O) groups is 2. The summed E-state index contributed by atoms with van der Waals surface area (Å²) in [6.45, 7) is 0.661. The zero-order valence-electron chi connectivity index (χ0n) is 9.79. The van der Waals surface area contributed by atoms with Crippen LogP contribution in [0, 0.1) is 11.8 Å². The number of nitrogens with zero attached hydrogens (tertiary/aromatic N) is 1. The van der Waals surface area contributed by atoms with E-state index in [1.165, 1.54) is 6.42 Å². The molecule has 1 saturated heterocycles. The third-order valence-corrected chi connectivity index (χ3v) is 3.74. The second-order valence-corrected chi connectivity index (χ2v) is 4.93. The number of halogens is 3. The van der Waals surface area contributed by atoms with E-state index in [0.717, 1.165) is 12.8 Å². The van der Waals surface area contributed by atoms with Gasteiger partial charge in [-0.25, -0.2) is 0 Å². The molecule has 2 fully saturated rings. The van der Waals surface area contributed by atoms with Crippen molar-refractivity contribution in [3.8, 4) is 0 Å². The highest BCUT2D eigenvalue weighted by Crippen LogP contribution is 2.37. The third-order valence-electron chi connectivity index (χ3n) is 3.74. The molecule has 7 heteroatoms. The first-order valence-electron chi connectivity index (χ1n) is 6.00. The van der Waals surface area contributed by atoms with Crippen molar-refractivity contribution in [3.05, 3.63) is 0 Å². The van der Waals surface area contributed by atoms with Crippen LogP contribution in [0.25, 0.3) is 0 Å². The van der Waals surface area contributed by atoms with E-state index in [1.54, 1.807) is 10.2 Å². The highest BCUT2D eigenvalue weighted by atomic mass is 19.4. The van der Waals surface area contributed by atoms with Gasteiger partial charge in [-0.1, -0.05) is 6.42 Å². The summed E-state index contributed by atoms with van der Waals surface area (Å²) in [5.74, 6) is -1.50. The molecule has 1 saturated carbocycles. The van der Waals surface area contributed by atoms with Crippen molar-refractivity contribution in [1.82, 2.24) is 10.2 Å². The molecule has 0 aromatic heterocycles. The fourth-order valence-electron chi connectivity index (χ4n) is 2.81. The predicted octanol–water partition coefficient (Wildman–Crippen LogP) is 0.923. The standard InChI is InChI=1S/C11H15F3N2O2/c12-11(13,14)10(18)15-4-9(17)16-5-7-2-1-3-8(7)6-16/h7-8H,1-6H2,(H,15,18). The van der Waals surface area contributed by atoms with Gasteiger partial charge in [-0.3, -0.25) is 9.59 Å². The average Bonchev–Trinajstić information content (AvgIpc) is 2.83. The molecule has 1 N–H and O–H groups in total. The number of likely N-dealkylation sites (tertiary alicyclic amines) is 1. The Morgan fingerprint density at radius 2 is 1.72 bits per heavy atom. The summed E-state index contributed by atoms with van der Waals surface area (Å²) in [6.07, 6.45) is -1.59. The van der Waals surface area contributed by atoms with Crippen LogP contribution < -0.4 is 5.32 Å². The summed E-state index contributed by atoms with van der Waals surface area (Å²) in [6, 6.07) is 0. The van der Waals surface area contributed by atoms with Gasteiger partial charge in [0.2, 0.25) is 5.91 Å². The molecule has 0 aromatic rings. The first kappa shape index (κ1) is 13.2. The number of amides is 2. The molecule has 2 amide bonds. The zero-order valence-corrected chi connectivity index (χ0v) is 9.79. The molecule has 2 atom stereocenters. The maximum atomic E-state index is 11.9. The van der Waals surface area contributed by atoms with Crippen molar-refractivity contribution in [2.45, 2.75) is 25.4 Å². The van der Waals surface area contributed by atoms with Crippen LogP contribution in [0.15, 0.2) is 0 Å². The second kappa shape index (κ2) is 4.78. The summed E-state index contributed by atoms with van der Waals surface area (Å²) in [7, 11) is 0. The Morgan fingerprint density at radius 1 is 1.17 bits per heavy atom. The monoisotopic (exact) mass is 264 g/mol. The van der Waals surface area contributed by atoms with Crippen LogP contribution in [-0.4, -0.2) is 42.5 Å². The van der Waals surface area contributed by atoms with E-state index in [4.69, 9.17) is 0 Å². The molecule has 18 heavy (non-hydrogen) atoms. The van der Waals surface area contributed by atoms with Crippen LogP contribution in [0.5, 0.6) is 0 Å². The molecule has 1 aliphatic heterocycles. The van der Waals surface area contributed by atoms with Crippen molar-refractivity contribution >= 4 is 11.8 Å². The van der Waals surface area contributed by atoms with E-state index >= 15 is 0 Å². The number of hydrogen-bond acceptors (Lipinski definition) is 2. The quantitative estimate of drug-likeness (QED) is 0.806. The summed E-state index contributed by atoms with van der Waals surface area (Å²) in [5.41, 5.74) is 0. The summed E-state index contributed by atoms with van der Waals surface area (Å²) in [5, 5.41) is 1.61. The molecule has 102 valence electrons. The maximum Gasteiger partial charge on any atom is 0.471 e. The Labute approximate surface area is 103 Å². The summed E-state index contributed by atoms with van der Waals surface area (Å²) in [4.78, 5) is 23.8. The molecule has 0 radical (unpaired) electrons. The smallest absolute Gasteiger partial charge is 0.341 e. The molecule has 1 heterocycles. The van der Waals surface area contributed by atoms with E-state index in [9.17, 15) is 22.8 Å². The SMILES string of the molecule is O=C(CNC(=O)C(F)(F)F)N1CC2CCCC2C1. The second-order valence-electron chi connectivity index (χ2n) is 4.93. The van der Waals surface area contributed by atoms with E-state index in [1.807, 2.05) is 0 Å². The van der Waals surface area contributed by atoms with Crippen molar-refractivity contribution < 1.29 is 22.8 Å². The van der Waals surface area contributed by atoms with Gasteiger partial charge in [0, 0.05) is 13.1 Å². The van der Waals surface area contributed by atoms with Gasteiger partial charge in [-0.15, -0.1) is 0 Å². The molecule has 2 unspecified atom stereocenters. The number of hydrogen-bond donors (Lipinski definition) is 1. The molecular formula is C11H15F3N2O2. The zero-order chi connectivity index (χ0) is 13.3. The van der Waals surface area contributed by atoms with Gasteiger partial charge < -0.3 is 10.2 Å². The van der Waals surface area contributed by atoms with Gasteiger partial charge in [0.25, 0.3) is 0 Å². The lowest BCUT2D eigenvalue weighted by Crippen LogP contribution is -2.44. The van der Waals surface area contributed by atoms with Crippen molar-refractivity contribution in [2.75, 3.05) is 19.6 Å². The molecule has 2 aliphatic rings. The topological polar surface area (TPSA) is 49.4 Å². The Morgan fingerprint density at radius 3 is 2.22 bits per heavy atom. The first-order chi connectivity index (χ1) is 8.38. The van der Waals surface area contributed by atoms with Crippen LogP contribution in [0.4, 0.5) is 13.2 Å². The van der Waals surface area contributed by atoms with Crippen molar-refractivity contribution in [2.24, 2.45) is 11.8 Å². The lowest BCUT2D eigenvalue weighted by atomic mass is 10.0. The third kappa shape index (κ3) is 2.76. The summed E-state index contributed by atoms with van der Waals surface area (Å²) >= 11 is 0. The molecule has 0 spiro atoms. The number of alkyl halides is 3. The number of rotatable bonds is 2. The van der Waals surface area contributed by atoms with E-state index < -0.39 is 24.5 Å². The van der Waals surface area contributed by atoms with Crippen LogP contribution in [0.3, 0.4) is 0 Å². The lowest BCUT2D eigenvalue weighted by molar-refractivity contribution is -0.174. The van der Waals surface area contributed by atoms with Crippen LogP contribution in [0.2, 0.25) is 0 Å². The molecule has 4 nitrogen and oxygen atoms in total. The van der Waals surface area contributed by atoms with E-state index in [-0.39, 0.29) is 0 Å². The number of carbonyl (C=O) groups excluding carboxylic acids is 2. The van der Waals surface area contributed by atoms with Gasteiger partial charge in [-0.05, 0) is 24.7 Å². The Bertz CT molecular complexity index is 345. The summed E-state index contributed by atoms with van der Waals surface area (Å²) < 4.78 is 35.8. The van der Waals surface area contributed by atoms with Gasteiger partial charge in [0.1, 0.15) is 0 Å². The van der Waals surface area contributed by atoms with Crippen LogP contribution >= 0.6 is 0 Å². The number of fused-ring (bicyclic) bond motifs is 1. The van der Waals surface area contributed by atoms with Gasteiger partial charge in [-0.2, -0.15) is 13.2 Å². The Hall–Kier alpha value is -1.27. The fourth-order valence-corrected chi connectivity index (χ4v) is 2.81. The highest BCUT2D eigenvalue weighted by Gasteiger charge is 2.40. The molecule has 0 bridgehead atoms.